The molecule has 1 aliphatic carbocycles. The van der Waals surface area contributed by atoms with Gasteiger partial charge in [0.25, 0.3) is 0 Å². The highest BCUT2D eigenvalue weighted by molar-refractivity contribution is 5.37. The van der Waals surface area contributed by atoms with Gasteiger partial charge in [0.15, 0.2) is 5.82 Å². The lowest BCUT2D eigenvalue weighted by Crippen LogP contribution is -2.38. The van der Waals surface area contributed by atoms with Gasteiger partial charge in [-0.2, -0.15) is 0 Å². The molecule has 2 aliphatic rings. The van der Waals surface area contributed by atoms with Crippen LogP contribution in [-0.2, 0) is 4.74 Å². The van der Waals surface area contributed by atoms with Crippen LogP contribution in [0.5, 0.6) is 0 Å². The number of morpholine rings is 1. The van der Waals surface area contributed by atoms with Crippen LogP contribution < -0.4 is 5.32 Å². The maximum Gasteiger partial charge on any atom is 0.161 e. The van der Waals surface area contributed by atoms with E-state index < -0.39 is 0 Å². The SMILES string of the molecule is CCN1CCOC(c2nc(NC)cc(C3CC3)n2)C1. The fourth-order valence-corrected chi connectivity index (χ4v) is 2.49. The van der Waals surface area contributed by atoms with Crippen LogP contribution in [0.3, 0.4) is 0 Å². The number of hydrogen-bond acceptors (Lipinski definition) is 5. The summed E-state index contributed by atoms with van der Waals surface area (Å²) in [5.41, 5.74) is 1.17. The van der Waals surface area contributed by atoms with Crippen LogP contribution in [0.1, 0.15) is 43.3 Å². The fraction of sp³-hybridized carbons (Fsp3) is 0.714. The molecule has 0 amide bonds. The molecular weight excluding hydrogens is 240 g/mol. The highest BCUT2D eigenvalue weighted by Crippen LogP contribution is 2.40. The number of anilines is 1. The topological polar surface area (TPSA) is 50.3 Å². The molecular formula is C14H22N4O. The Morgan fingerprint density at radius 2 is 2.26 bits per heavy atom. The van der Waals surface area contributed by atoms with E-state index in [0.717, 1.165) is 37.9 Å². The third-order valence-electron chi connectivity index (χ3n) is 3.90. The van der Waals surface area contributed by atoms with E-state index in [2.05, 4.69) is 28.2 Å². The van der Waals surface area contributed by atoms with Gasteiger partial charge in [0, 0.05) is 37.8 Å². The molecule has 3 rings (SSSR count). The van der Waals surface area contributed by atoms with Gasteiger partial charge in [-0.05, 0) is 19.4 Å². The number of aromatic nitrogens is 2. The van der Waals surface area contributed by atoms with E-state index in [4.69, 9.17) is 9.72 Å². The molecule has 1 aromatic heterocycles. The van der Waals surface area contributed by atoms with E-state index in [-0.39, 0.29) is 6.10 Å². The van der Waals surface area contributed by atoms with Gasteiger partial charge in [0.1, 0.15) is 11.9 Å². The first-order valence-corrected chi connectivity index (χ1v) is 7.20. The minimum Gasteiger partial charge on any atom is -0.373 e. The van der Waals surface area contributed by atoms with E-state index in [1.54, 1.807) is 0 Å². The first kappa shape index (κ1) is 12.8. The predicted molar refractivity (Wildman–Crippen MR) is 74.4 cm³/mol. The minimum absolute atomic E-state index is 0.0134. The summed E-state index contributed by atoms with van der Waals surface area (Å²) in [5, 5.41) is 3.13. The Labute approximate surface area is 114 Å². The van der Waals surface area contributed by atoms with Crippen molar-refractivity contribution >= 4 is 5.82 Å². The van der Waals surface area contributed by atoms with E-state index in [9.17, 15) is 0 Å². The van der Waals surface area contributed by atoms with E-state index >= 15 is 0 Å². The first-order valence-electron chi connectivity index (χ1n) is 7.20. The van der Waals surface area contributed by atoms with Gasteiger partial charge < -0.3 is 10.1 Å². The number of likely N-dealkylation sites (N-methyl/N-ethyl adjacent to an activating group) is 1. The van der Waals surface area contributed by atoms with Crippen molar-refractivity contribution in [2.75, 3.05) is 38.6 Å². The molecule has 0 bridgehead atoms. The molecule has 1 aromatic rings. The molecule has 19 heavy (non-hydrogen) atoms. The molecule has 5 nitrogen and oxygen atoms in total. The lowest BCUT2D eigenvalue weighted by atomic mass is 10.2. The van der Waals surface area contributed by atoms with Crippen LogP contribution in [0, 0.1) is 0 Å². The second-order valence-corrected chi connectivity index (χ2v) is 5.31. The molecule has 2 fully saturated rings. The van der Waals surface area contributed by atoms with Gasteiger partial charge in [-0.1, -0.05) is 6.92 Å². The predicted octanol–water partition coefficient (Wildman–Crippen LogP) is 1.79. The zero-order chi connectivity index (χ0) is 13.2. The maximum absolute atomic E-state index is 5.86. The van der Waals surface area contributed by atoms with Crippen LogP contribution in [0.2, 0.25) is 0 Å². The molecule has 1 atom stereocenters. The van der Waals surface area contributed by atoms with Gasteiger partial charge >= 0.3 is 0 Å². The standard InChI is InChI=1S/C14H22N4O/c1-3-18-6-7-19-12(9-18)14-16-11(10-4-5-10)8-13(15-2)17-14/h8,10,12H,3-7,9H2,1-2H3,(H,15,16,17). The Hall–Kier alpha value is -1.20. The molecule has 0 aromatic carbocycles. The second kappa shape index (κ2) is 5.43. The van der Waals surface area contributed by atoms with Gasteiger partial charge in [0.05, 0.1) is 6.61 Å². The van der Waals surface area contributed by atoms with Crippen molar-refractivity contribution < 1.29 is 4.74 Å². The van der Waals surface area contributed by atoms with Crippen LogP contribution in [0.4, 0.5) is 5.82 Å². The Kier molecular flexibility index (Phi) is 3.66. The van der Waals surface area contributed by atoms with Gasteiger partial charge in [-0.25, -0.2) is 9.97 Å². The molecule has 104 valence electrons. The molecule has 0 spiro atoms. The Bertz CT molecular complexity index is 447. The third-order valence-corrected chi connectivity index (χ3v) is 3.90. The average Bonchev–Trinajstić information content (AvgIpc) is 3.31. The van der Waals surface area contributed by atoms with Gasteiger partial charge in [-0.3, -0.25) is 4.90 Å². The monoisotopic (exact) mass is 262 g/mol. The Balaban J connectivity index is 1.84. The number of ether oxygens (including phenoxy) is 1. The highest BCUT2D eigenvalue weighted by Gasteiger charge is 2.29. The molecule has 1 N–H and O–H groups in total. The Morgan fingerprint density at radius 1 is 1.42 bits per heavy atom. The summed E-state index contributed by atoms with van der Waals surface area (Å²) < 4.78 is 5.86. The molecule has 5 heteroatoms. The minimum atomic E-state index is 0.0134. The third kappa shape index (κ3) is 2.87. The summed E-state index contributed by atoms with van der Waals surface area (Å²) >= 11 is 0. The van der Waals surface area contributed by atoms with Crippen LogP contribution in [-0.4, -0.2) is 48.2 Å². The van der Waals surface area contributed by atoms with Crippen LogP contribution >= 0.6 is 0 Å². The van der Waals surface area contributed by atoms with E-state index in [1.807, 2.05) is 7.05 Å². The lowest BCUT2D eigenvalue weighted by Gasteiger charge is -2.31. The average molecular weight is 262 g/mol. The molecule has 1 saturated carbocycles. The summed E-state index contributed by atoms with van der Waals surface area (Å²) in [4.78, 5) is 11.7. The first-order chi connectivity index (χ1) is 9.30. The summed E-state index contributed by atoms with van der Waals surface area (Å²) in [5.74, 6) is 2.38. The van der Waals surface area contributed by atoms with Gasteiger partial charge in [-0.15, -0.1) is 0 Å². The van der Waals surface area contributed by atoms with Crippen LogP contribution in [0.25, 0.3) is 0 Å². The summed E-state index contributed by atoms with van der Waals surface area (Å²) in [6.07, 6.45) is 2.53. The lowest BCUT2D eigenvalue weighted by molar-refractivity contribution is -0.0326. The number of nitrogens with zero attached hydrogens (tertiary/aromatic N) is 3. The number of hydrogen-bond donors (Lipinski definition) is 1. The quantitative estimate of drug-likeness (QED) is 0.896. The zero-order valence-electron chi connectivity index (χ0n) is 11.7. The Morgan fingerprint density at radius 3 is 2.95 bits per heavy atom. The molecule has 1 aliphatic heterocycles. The molecule has 1 saturated heterocycles. The van der Waals surface area contributed by atoms with Crippen molar-refractivity contribution in [3.63, 3.8) is 0 Å². The van der Waals surface area contributed by atoms with Crippen molar-refractivity contribution in [1.82, 2.24) is 14.9 Å². The highest BCUT2D eigenvalue weighted by atomic mass is 16.5. The summed E-state index contributed by atoms with van der Waals surface area (Å²) in [6.45, 7) is 5.91. The number of rotatable bonds is 4. The molecule has 1 unspecified atom stereocenters. The fourth-order valence-electron chi connectivity index (χ4n) is 2.49. The van der Waals surface area contributed by atoms with Gasteiger partial charge in [0.2, 0.25) is 0 Å². The maximum atomic E-state index is 5.86. The number of nitrogens with one attached hydrogen (secondary N) is 1. The van der Waals surface area contributed by atoms with Crippen molar-refractivity contribution in [3.8, 4) is 0 Å². The smallest absolute Gasteiger partial charge is 0.161 e. The van der Waals surface area contributed by atoms with Crippen molar-refractivity contribution in [1.29, 1.82) is 0 Å². The normalized spacial score (nSPS) is 24.4. The van der Waals surface area contributed by atoms with Crippen molar-refractivity contribution in [2.45, 2.75) is 31.8 Å². The summed E-state index contributed by atoms with van der Waals surface area (Å²) in [6, 6.07) is 2.07. The summed E-state index contributed by atoms with van der Waals surface area (Å²) in [7, 11) is 1.91. The van der Waals surface area contributed by atoms with E-state index in [1.165, 1.54) is 18.5 Å². The molecule has 0 radical (unpaired) electrons. The second-order valence-electron chi connectivity index (χ2n) is 5.31. The van der Waals surface area contributed by atoms with Crippen molar-refractivity contribution in [3.05, 3.63) is 17.6 Å². The van der Waals surface area contributed by atoms with E-state index in [0.29, 0.717) is 5.92 Å². The van der Waals surface area contributed by atoms with Crippen LogP contribution in [0.15, 0.2) is 6.07 Å². The largest absolute Gasteiger partial charge is 0.373 e. The molecule has 2 heterocycles. The zero-order valence-corrected chi connectivity index (χ0v) is 11.7. The van der Waals surface area contributed by atoms with Crippen molar-refractivity contribution in [2.24, 2.45) is 0 Å².